The Hall–Kier alpha value is -1.82. The SMILES string of the molecule is CC[C@H](C)[C@H](NC(=O)c1ccccc1)C(=O)NC1=NCCS1. The fourth-order valence-electron chi connectivity index (χ4n) is 2.11. The van der Waals surface area contributed by atoms with Crippen molar-refractivity contribution in [3.63, 3.8) is 0 Å². The molecular weight excluding hydrogens is 298 g/mol. The summed E-state index contributed by atoms with van der Waals surface area (Å²) in [6.45, 7) is 4.69. The Morgan fingerprint density at radius 3 is 2.64 bits per heavy atom. The normalized spacial score (nSPS) is 16.5. The van der Waals surface area contributed by atoms with Gasteiger partial charge >= 0.3 is 0 Å². The third-order valence-corrected chi connectivity index (χ3v) is 4.52. The monoisotopic (exact) mass is 319 g/mol. The van der Waals surface area contributed by atoms with E-state index in [1.54, 1.807) is 24.3 Å². The molecule has 118 valence electrons. The van der Waals surface area contributed by atoms with E-state index in [1.807, 2.05) is 19.9 Å². The van der Waals surface area contributed by atoms with Crippen molar-refractivity contribution >= 4 is 28.7 Å². The summed E-state index contributed by atoms with van der Waals surface area (Å²) >= 11 is 1.53. The molecule has 0 fully saturated rings. The summed E-state index contributed by atoms with van der Waals surface area (Å²) in [4.78, 5) is 29.0. The molecular formula is C16H21N3O2S. The molecule has 0 bridgehead atoms. The molecule has 1 aromatic rings. The Morgan fingerprint density at radius 2 is 2.05 bits per heavy atom. The van der Waals surface area contributed by atoms with Crippen LogP contribution in [0.4, 0.5) is 0 Å². The van der Waals surface area contributed by atoms with Crippen molar-refractivity contribution in [1.29, 1.82) is 0 Å². The maximum Gasteiger partial charge on any atom is 0.251 e. The van der Waals surface area contributed by atoms with Gasteiger partial charge in [-0.1, -0.05) is 50.2 Å². The quantitative estimate of drug-likeness (QED) is 0.872. The highest BCUT2D eigenvalue weighted by Crippen LogP contribution is 2.13. The van der Waals surface area contributed by atoms with Crippen molar-refractivity contribution < 1.29 is 9.59 Å². The molecule has 0 saturated carbocycles. The second-order valence-electron chi connectivity index (χ2n) is 5.23. The number of amidine groups is 1. The Morgan fingerprint density at radius 1 is 1.32 bits per heavy atom. The zero-order valence-corrected chi connectivity index (χ0v) is 13.7. The van der Waals surface area contributed by atoms with E-state index in [0.717, 1.165) is 18.7 Å². The van der Waals surface area contributed by atoms with Gasteiger partial charge in [0.15, 0.2) is 5.17 Å². The summed E-state index contributed by atoms with van der Waals surface area (Å²) < 4.78 is 0. The van der Waals surface area contributed by atoms with Gasteiger partial charge in [0, 0.05) is 11.3 Å². The van der Waals surface area contributed by atoms with Crippen LogP contribution in [-0.4, -0.2) is 35.3 Å². The number of nitrogens with one attached hydrogen (secondary N) is 2. The van der Waals surface area contributed by atoms with Crippen LogP contribution in [0.25, 0.3) is 0 Å². The molecule has 1 aliphatic heterocycles. The van der Waals surface area contributed by atoms with Gasteiger partial charge in [-0.15, -0.1) is 0 Å². The van der Waals surface area contributed by atoms with Gasteiger partial charge in [0.1, 0.15) is 6.04 Å². The molecule has 22 heavy (non-hydrogen) atoms. The van der Waals surface area contributed by atoms with Gasteiger partial charge in [0.2, 0.25) is 5.91 Å². The highest BCUT2D eigenvalue weighted by molar-refractivity contribution is 8.14. The number of carbonyl (C=O) groups is 2. The first-order valence-corrected chi connectivity index (χ1v) is 8.44. The number of hydrogen-bond acceptors (Lipinski definition) is 4. The van der Waals surface area contributed by atoms with Gasteiger partial charge in [0.05, 0.1) is 6.54 Å². The summed E-state index contributed by atoms with van der Waals surface area (Å²) in [5.41, 5.74) is 0.552. The lowest BCUT2D eigenvalue weighted by molar-refractivity contribution is -0.122. The molecule has 0 saturated heterocycles. The fraction of sp³-hybridized carbons (Fsp3) is 0.438. The topological polar surface area (TPSA) is 70.6 Å². The Labute approximate surface area is 135 Å². The predicted octanol–water partition coefficient (Wildman–Crippen LogP) is 2.05. The number of thioether (sulfide) groups is 1. The van der Waals surface area contributed by atoms with Gasteiger partial charge < -0.3 is 10.6 Å². The molecule has 2 amide bonds. The number of amides is 2. The first kappa shape index (κ1) is 16.5. The number of nitrogens with zero attached hydrogens (tertiary/aromatic N) is 1. The second kappa shape index (κ2) is 7.98. The zero-order chi connectivity index (χ0) is 15.9. The zero-order valence-electron chi connectivity index (χ0n) is 12.8. The van der Waals surface area contributed by atoms with Crippen LogP contribution < -0.4 is 10.6 Å². The lowest BCUT2D eigenvalue weighted by Gasteiger charge is -2.23. The number of hydrogen-bond donors (Lipinski definition) is 2. The fourth-order valence-corrected chi connectivity index (χ4v) is 2.84. The molecule has 2 atom stereocenters. The summed E-state index contributed by atoms with van der Waals surface area (Å²) in [6, 6.07) is 8.36. The molecule has 0 unspecified atom stereocenters. The van der Waals surface area contributed by atoms with Crippen molar-refractivity contribution in [2.24, 2.45) is 10.9 Å². The lowest BCUT2D eigenvalue weighted by atomic mass is 9.98. The summed E-state index contributed by atoms with van der Waals surface area (Å²) in [7, 11) is 0. The molecule has 2 rings (SSSR count). The van der Waals surface area contributed by atoms with Gasteiger partial charge in [-0.25, -0.2) is 0 Å². The molecule has 6 heteroatoms. The Bertz CT molecular complexity index is 560. The van der Waals surface area contributed by atoms with Crippen LogP contribution in [-0.2, 0) is 4.79 Å². The maximum absolute atomic E-state index is 12.4. The van der Waals surface area contributed by atoms with E-state index >= 15 is 0 Å². The molecule has 2 N–H and O–H groups in total. The smallest absolute Gasteiger partial charge is 0.251 e. The largest absolute Gasteiger partial charge is 0.340 e. The van der Waals surface area contributed by atoms with Crippen molar-refractivity contribution in [2.45, 2.75) is 26.3 Å². The van der Waals surface area contributed by atoms with Crippen LogP contribution in [0.1, 0.15) is 30.6 Å². The first-order chi connectivity index (χ1) is 10.6. The van der Waals surface area contributed by atoms with E-state index in [2.05, 4.69) is 15.6 Å². The van der Waals surface area contributed by atoms with Crippen LogP contribution in [0.2, 0.25) is 0 Å². The molecule has 1 aromatic carbocycles. The number of aliphatic imine (C=N–C) groups is 1. The van der Waals surface area contributed by atoms with E-state index < -0.39 is 6.04 Å². The molecule has 5 nitrogen and oxygen atoms in total. The highest BCUT2D eigenvalue weighted by atomic mass is 32.2. The summed E-state index contributed by atoms with van der Waals surface area (Å²) in [5.74, 6) is 0.494. The number of carbonyl (C=O) groups excluding carboxylic acids is 2. The van der Waals surface area contributed by atoms with E-state index in [1.165, 1.54) is 11.8 Å². The highest BCUT2D eigenvalue weighted by Gasteiger charge is 2.27. The van der Waals surface area contributed by atoms with Crippen LogP contribution in [0.3, 0.4) is 0 Å². The molecule has 0 aliphatic carbocycles. The standard InChI is InChI=1S/C16H21N3O2S/c1-3-11(2)13(15(21)19-16-17-9-10-22-16)18-14(20)12-7-5-4-6-8-12/h4-8,11,13H,3,9-10H2,1-2H3,(H,18,20)(H,17,19,21)/t11-,13-/m0/s1. The molecule has 1 aliphatic rings. The van der Waals surface area contributed by atoms with Crippen molar-refractivity contribution in [3.05, 3.63) is 35.9 Å². The van der Waals surface area contributed by atoms with Gasteiger partial charge in [-0.3, -0.25) is 14.6 Å². The van der Waals surface area contributed by atoms with Crippen LogP contribution in [0, 0.1) is 5.92 Å². The van der Waals surface area contributed by atoms with Crippen molar-refractivity contribution in [1.82, 2.24) is 10.6 Å². The minimum Gasteiger partial charge on any atom is -0.340 e. The van der Waals surface area contributed by atoms with Crippen LogP contribution >= 0.6 is 11.8 Å². The van der Waals surface area contributed by atoms with Crippen molar-refractivity contribution in [3.8, 4) is 0 Å². The minimum absolute atomic E-state index is 0.0414. The number of benzene rings is 1. The maximum atomic E-state index is 12.4. The molecule has 0 aromatic heterocycles. The van der Waals surface area contributed by atoms with Crippen molar-refractivity contribution in [2.75, 3.05) is 12.3 Å². The lowest BCUT2D eigenvalue weighted by Crippen LogP contribution is -2.51. The Kier molecular flexibility index (Phi) is 6.00. The van der Waals surface area contributed by atoms with Crippen LogP contribution in [0.5, 0.6) is 0 Å². The molecule has 0 spiro atoms. The van der Waals surface area contributed by atoms with E-state index in [9.17, 15) is 9.59 Å². The van der Waals surface area contributed by atoms with Crippen LogP contribution in [0.15, 0.2) is 35.3 Å². The third kappa shape index (κ3) is 4.34. The number of rotatable bonds is 5. The molecule has 1 heterocycles. The van der Waals surface area contributed by atoms with E-state index in [4.69, 9.17) is 0 Å². The summed E-state index contributed by atoms with van der Waals surface area (Å²) in [5, 5.41) is 6.30. The van der Waals surface area contributed by atoms with Gasteiger partial charge in [-0.05, 0) is 18.1 Å². The predicted molar refractivity (Wildman–Crippen MR) is 90.1 cm³/mol. The molecule has 0 radical (unpaired) electrons. The van der Waals surface area contributed by atoms with E-state index in [0.29, 0.717) is 10.7 Å². The van der Waals surface area contributed by atoms with E-state index in [-0.39, 0.29) is 17.7 Å². The Balaban J connectivity index is 2.05. The van der Waals surface area contributed by atoms with Gasteiger partial charge in [-0.2, -0.15) is 0 Å². The average Bonchev–Trinajstić information content (AvgIpc) is 3.05. The summed E-state index contributed by atoms with van der Waals surface area (Å²) in [6.07, 6.45) is 0.798. The minimum atomic E-state index is -0.568. The first-order valence-electron chi connectivity index (χ1n) is 7.45. The van der Waals surface area contributed by atoms with Gasteiger partial charge in [0.25, 0.3) is 5.91 Å². The second-order valence-corrected chi connectivity index (χ2v) is 6.31. The average molecular weight is 319 g/mol. The third-order valence-electron chi connectivity index (χ3n) is 3.63.